The molecule has 1 saturated carbocycles. The largest absolute Gasteiger partial charge is 0.393 e. The molecule has 1 fully saturated rings. The van der Waals surface area contributed by atoms with Gasteiger partial charge in [0.05, 0.1) is 16.2 Å². The van der Waals surface area contributed by atoms with E-state index in [1.807, 2.05) is 0 Å². The first-order chi connectivity index (χ1) is 7.91. The predicted octanol–water partition coefficient (Wildman–Crippen LogP) is 2.31. The molecule has 1 aromatic carbocycles. The lowest BCUT2D eigenvalue weighted by molar-refractivity contribution is 0.195. The van der Waals surface area contributed by atoms with Crippen LogP contribution in [-0.2, 0) is 16.3 Å². The van der Waals surface area contributed by atoms with E-state index in [4.69, 9.17) is 0 Å². The van der Waals surface area contributed by atoms with Gasteiger partial charge in [-0.2, -0.15) is 0 Å². The molecule has 0 heterocycles. The SMILES string of the molecule is CC(O)Cc1ccc(S(=O)(=O)C2CC2)c(Br)c1. The standard InChI is InChI=1S/C12H15BrO3S/c1-8(14)6-9-2-5-12(11(13)7-9)17(15,16)10-3-4-10/h2,5,7-8,10,14H,3-4,6H2,1H3. The van der Waals surface area contributed by atoms with E-state index in [1.54, 1.807) is 25.1 Å². The second-order valence-corrected chi connectivity index (χ2v) is 7.61. The highest BCUT2D eigenvalue weighted by Gasteiger charge is 2.37. The molecule has 1 aromatic rings. The molecule has 3 nitrogen and oxygen atoms in total. The number of hydrogen-bond donors (Lipinski definition) is 1. The van der Waals surface area contributed by atoms with Gasteiger partial charge in [-0.3, -0.25) is 0 Å². The van der Waals surface area contributed by atoms with E-state index in [1.165, 1.54) is 0 Å². The molecule has 1 atom stereocenters. The van der Waals surface area contributed by atoms with E-state index in [-0.39, 0.29) is 5.25 Å². The first kappa shape index (κ1) is 13.1. The lowest BCUT2D eigenvalue weighted by Crippen LogP contribution is -2.09. The van der Waals surface area contributed by atoms with Crippen molar-refractivity contribution in [3.63, 3.8) is 0 Å². The molecule has 1 N–H and O–H groups in total. The van der Waals surface area contributed by atoms with Gasteiger partial charge in [0.25, 0.3) is 0 Å². The maximum absolute atomic E-state index is 12.1. The van der Waals surface area contributed by atoms with E-state index < -0.39 is 15.9 Å². The van der Waals surface area contributed by atoms with Crippen LogP contribution in [-0.4, -0.2) is 24.9 Å². The summed E-state index contributed by atoms with van der Waals surface area (Å²) in [5.41, 5.74) is 0.932. The van der Waals surface area contributed by atoms with Gasteiger partial charge in [0.15, 0.2) is 9.84 Å². The third-order valence-corrected chi connectivity index (χ3v) is 6.03. The Kier molecular flexibility index (Phi) is 3.61. The lowest BCUT2D eigenvalue weighted by Gasteiger charge is -2.09. The molecule has 0 saturated heterocycles. The number of sulfone groups is 1. The zero-order chi connectivity index (χ0) is 12.6. The van der Waals surface area contributed by atoms with Crippen LogP contribution in [0.5, 0.6) is 0 Å². The Bertz CT molecular complexity index is 519. The normalized spacial score (nSPS) is 18.1. The fourth-order valence-corrected chi connectivity index (χ4v) is 4.61. The summed E-state index contributed by atoms with van der Waals surface area (Å²) in [4.78, 5) is 0.370. The molecular formula is C12H15BrO3S. The fourth-order valence-electron chi connectivity index (χ4n) is 1.80. The molecule has 1 aliphatic carbocycles. The lowest BCUT2D eigenvalue weighted by atomic mass is 10.1. The van der Waals surface area contributed by atoms with Crippen molar-refractivity contribution in [1.29, 1.82) is 0 Å². The third kappa shape index (κ3) is 2.89. The molecule has 94 valence electrons. The number of halogens is 1. The van der Waals surface area contributed by atoms with E-state index in [0.29, 0.717) is 15.8 Å². The van der Waals surface area contributed by atoms with Crippen LogP contribution in [0.4, 0.5) is 0 Å². The summed E-state index contributed by atoms with van der Waals surface area (Å²) < 4.78 is 24.7. The van der Waals surface area contributed by atoms with Crippen LogP contribution in [0.15, 0.2) is 27.6 Å². The van der Waals surface area contributed by atoms with Crippen LogP contribution in [0, 0.1) is 0 Å². The van der Waals surface area contributed by atoms with Crippen molar-refractivity contribution >= 4 is 25.8 Å². The Balaban J connectivity index is 2.31. The molecule has 2 rings (SSSR count). The first-order valence-electron chi connectivity index (χ1n) is 5.61. The summed E-state index contributed by atoms with van der Waals surface area (Å²) in [7, 11) is -3.15. The van der Waals surface area contributed by atoms with Gasteiger partial charge in [-0.1, -0.05) is 6.07 Å². The minimum absolute atomic E-state index is 0.193. The Morgan fingerprint density at radius 3 is 2.59 bits per heavy atom. The maximum atomic E-state index is 12.1. The van der Waals surface area contributed by atoms with Crippen LogP contribution < -0.4 is 0 Å². The number of benzene rings is 1. The number of rotatable bonds is 4. The van der Waals surface area contributed by atoms with Gasteiger partial charge in [0.2, 0.25) is 0 Å². The molecule has 0 amide bonds. The average Bonchev–Trinajstić information content (AvgIpc) is 2.98. The zero-order valence-electron chi connectivity index (χ0n) is 9.56. The smallest absolute Gasteiger partial charge is 0.182 e. The molecule has 1 unspecified atom stereocenters. The fraction of sp³-hybridized carbons (Fsp3) is 0.500. The third-order valence-electron chi connectivity index (χ3n) is 2.80. The molecule has 0 aromatic heterocycles. The summed E-state index contributed by atoms with van der Waals surface area (Å²) in [5.74, 6) is 0. The van der Waals surface area contributed by atoms with Crippen LogP contribution in [0.3, 0.4) is 0 Å². The topological polar surface area (TPSA) is 54.4 Å². The minimum atomic E-state index is -3.15. The second kappa shape index (κ2) is 4.71. The Morgan fingerprint density at radius 2 is 2.12 bits per heavy atom. The molecule has 0 bridgehead atoms. The first-order valence-corrected chi connectivity index (χ1v) is 7.95. The van der Waals surface area contributed by atoms with E-state index >= 15 is 0 Å². The van der Waals surface area contributed by atoms with E-state index in [0.717, 1.165) is 18.4 Å². The highest BCUT2D eigenvalue weighted by molar-refractivity contribution is 9.10. The summed E-state index contributed by atoms with van der Waals surface area (Å²) in [5, 5.41) is 9.10. The molecular weight excluding hydrogens is 304 g/mol. The van der Waals surface area contributed by atoms with Gasteiger partial charge in [0, 0.05) is 4.47 Å². The van der Waals surface area contributed by atoms with Crippen molar-refractivity contribution in [2.75, 3.05) is 0 Å². The van der Waals surface area contributed by atoms with Crippen molar-refractivity contribution in [2.24, 2.45) is 0 Å². The zero-order valence-corrected chi connectivity index (χ0v) is 12.0. The summed E-state index contributed by atoms with van der Waals surface area (Å²) in [6, 6.07) is 5.18. The van der Waals surface area contributed by atoms with Crippen LogP contribution in [0.2, 0.25) is 0 Å². The van der Waals surface area contributed by atoms with E-state index in [9.17, 15) is 13.5 Å². The van der Waals surface area contributed by atoms with Crippen LogP contribution >= 0.6 is 15.9 Å². The number of aliphatic hydroxyl groups is 1. The van der Waals surface area contributed by atoms with Gasteiger partial charge < -0.3 is 5.11 Å². The molecule has 5 heteroatoms. The highest BCUT2D eigenvalue weighted by Crippen LogP contribution is 2.36. The number of aliphatic hydroxyl groups excluding tert-OH is 1. The quantitative estimate of drug-likeness (QED) is 0.926. The molecule has 0 aliphatic heterocycles. The summed E-state index contributed by atoms with van der Waals surface area (Å²) >= 11 is 3.31. The predicted molar refractivity (Wildman–Crippen MR) is 69.7 cm³/mol. The molecule has 1 aliphatic rings. The molecule has 0 radical (unpaired) electrons. The average molecular weight is 319 g/mol. The van der Waals surface area contributed by atoms with Gasteiger partial charge >= 0.3 is 0 Å². The van der Waals surface area contributed by atoms with Gasteiger partial charge in [-0.15, -0.1) is 0 Å². The highest BCUT2D eigenvalue weighted by atomic mass is 79.9. The Hall–Kier alpha value is -0.390. The van der Waals surface area contributed by atoms with Gasteiger partial charge in [-0.05, 0) is 59.8 Å². The Morgan fingerprint density at radius 1 is 1.47 bits per heavy atom. The maximum Gasteiger partial charge on any atom is 0.182 e. The van der Waals surface area contributed by atoms with Crippen molar-refractivity contribution in [3.8, 4) is 0 Å². The summed E-state index contributed by atoms with van der Waals surface area (Å²) in [6.07, 6.45) is 1.64. The second-order valence-electron chi connectivity index (χ2n) is 4.56. The van der Waals surface area contributed by atoms with Gasteiger partial charge in [0.1, 0.15) is 0 Å². The summed E-state index contributed by atoms with van der Waals surface area (Å²) in [6.45, 7) is 1.71. The molecule has 0 spiro atoms. The van der Waals surface area contributed by atoms with Crippen molar-refractivity contribution in [1.82, 2.24) is 0 Å². The van der Waals surface area contributed by atoms with Crippen LogP contribution in [0.1, 0.15) is 25.3 Å². The van der Waals surface area contributed by atoms with Crippen LogP contribution in [0.25, 0.3) is 0 Å². The minimum Gasteiger partial charge on any atom is -0.393 e. The van der Waals surface area contributed by atoms with Crippen molar-refractivity contribution in [2.45, 2.75) is 42.4 Å². The number of hydrogen-bond acceptors (Lipinski definition) is 3. The monoisotopic (exact) mass is 318 g/mol. The van der Waals surface area contributed by atoms with Gasteiger partial charge in [-0.25, -0.2) is 8.42 Å². The van der Waals surface area contributed by atoms with E-state index in [2.05, 4.69) is 15.9 Å². The van der Waals surface area contributed by atoms with Crippen molar-refractivity contribution < 1.29 is 13.5 Å². The molecule has 17 heavy (non-hydrogen) atoms. The van der Waals surface area contributed by atoms with Crippen molar-refractivity contribution in [3.05, 3.63) is 28.2 Å². The Labute approximate surface area is 110 Å².